The summed E-state index contributed by atoms with van der Waals surface area (Å²) in [4.78, 5) is 14.5. The summed E-state index contributed by atoms with van der Waals surface area (Å²) in [5.41, 5.74) is 0. The molecular formula is C8H9NO4. The van der Waals surface area contributed by atoms with E-state index in [-0.39, 0.29) is 5.88 Å². The number of hydrogen-bond acceptors (Lipinski definition) is 5. The van der Waals surface area contributed by atoms with Gasteiger partial charge in [0.25, 0.3) is 5.88 Å². The smallest absolute Gasteiger partial charge is 0.491 e. The van der Waals surface area contributed by atoms with Crippen LogP contribution < -0.4 is 9.47 Å². The second-order valence-electron chi connectivity index (χ2n) is 2.07. The van der Waals surface area contributed by atoms with Gasteiger partial charge in [0.15, 0.2) is 5.75 Å². The van der Waals surface area contributed by atoms with Crippen LogP contribution in [0.3, 0.4) is 0 Å². The van der Waals surface area contributed by atoms with Gasteiger partial charge in [0.1, 0.15) is 0 Å². The van der Waals surface area contributed by atoms with Crippen LogP contribution in [0.1, 0.15) is 0 Å². The van der Waals surface area contributed by atoms with E-state index < -0.39 is 6.16 Å². The quantitative estimate of drug-likeness (QED) is 0.645. The van der Waals surface area contributed by atoms with Crippen molar-refractivity contribution < 1.29 is 19.0 Å². The number of methoxy groups -OCH3 is 2. The SMILES string of the molecule is COC(=O)Oc1ncccc1OC. The number of carbonyl (C=O) groups excluding carboxylic acids is 1. The van der Waals surface area contributed by atoms with Gasteiger partial charge < -0.3 is 14.2 Å². The highest BCUT2D eigenvalue weighted by atomic mass is 16.7. The molecule has 1 heterocycles. The number of pyridine rings is 1. The maximum atomic E-state index is 10.7. The molecule has 0 saturated heterocycles. The van der Waals surface area contributed by atoms with Crippen molar-refractivity contribution in [2.75, 3.05) is 14.2 Å². The second-order valence-corrected chi connectivity index (χ2v) is 2.07. The van der Waals surface area contributed by atoms with E-state index in [2.05, 4.69) is 14.5 Å². The molecule has 0 aromatic carbocycles. The average Bonchev–Trinajstić information content (AvgIpc) is 2.18. The first-order valence-electron chi connectivity index (χ1n) is 3.52. The number of rotatable bonds is 2. The first-order valence-corrected chi connectivity index (χ1v) is 3.52. The molecule has 5 heteroatoms. The van der Waals surface area contributed by atoms with Crippen molar-refractivity contribution >= 4 is 6.16 Å². The second kappa shape index (κ2) is 4.30. The van der Waals surface area contributed by atoms with Gasteiger partial charge in [-0.05, 0) is 12.1 Å². The minimum atomic E-state index is -0.822. The zero-order valence-electron chi connectivity index (χ0n) is 7.31. The van der Waals surface area contributed by atoms with Gasteiger partial charge >= 0.3 is 6.16 Å². The fourth-order valence-corrected chi connectivity index (χ4v) is 0.729. The van der Waals surface area contributed by atoms with E-state index in [0.717, 1.165) is 0 Å². The maximum Gasteiger partial charge on any atom is 0.515 e. The van der Waals surface area contributed by atoms with E-state index in [9.17, 15) is 4.79 Å². The van der Waals surface area contributed by atoms with Crippen molar-refractivity contribution in [1.29, 1.82) is 0 Å². The summed E-state index contributed by atoms with van der Waals surface area (Å²) in [6.07, 6.45) is 0.665. The number of aromatic nitrogens is 1. The molecule has 0 bridgehead atoms. The Labute approximate surface area is 75.2 Å². The van der Waals surface area contributed by atoms with Gasteiger partial charge in [-0.1, -0.05) is 0 Å². The lowest BCUT2D eigenvalue weighted by atomic mass is 10.4. The Balaban J connectivity index is 2.81. The molecule has 0 aliphatic rings. The zero-order valence-corrected chi connectivity index (χ0v) is 7.31. The van der Waals surface area contributed by atoms with Gasteiger partial charge in [0.05, 0.1) is 14.2 Å². The summed E-state index contributed by atoms with van der Waals surface area (Å²) in [5.74, 6) is 0.477. The molecule has 0 unspecified atom stereocenters. The van der Waals surface area contributed by atoms with Crippen molar-refractivity contribution in [1.82, 2.24) is 4.98 Å². The third-order valence-corrected chi connectivity index (χ3v) is 1.30. The van der Waals surface area contributed by atoms with Crippen LogP contribution in [0.4, 0.5) is 4.79 Å². The highest BCUT2D eigenvalue weighted by Gasteiger charge is 2.09. The summed E-state index contributed by atoms with van der Waals surface area (Å²) in [7, 11) is 2.68. The lowest BCUT2D eigenvalue weighted by Gasteiger charge is -2.05. The Bertz CT molecular complexity index is 300. The molecule has 0 radical (unpaired) electrons. The monoisotopic (exact) mass is 183 g/mol. The molecule has 13 heavy (non-hydrogen) atoms. The van der Waals surface area contributed by atoms with Crippen LogP contribution in [0.25, 0.3) is 0 Å². The maximum absolute atomic E-state index is 10.7. The molecule has 0 saturated carbocycles. The van der Waals surface area contributed by atoms with E-state index in [1.165, 1.54) is 20.4 Å². The number of carbonyl (C=O) groups is 1. The number of hydrogen-bond donors (Lipinski definition) is 0. The summed E-state index contributed by atoms with van der Waals surface area (Å²) < 4.78 is 13.9. The van der Waals surface area contributed by atoms with Crippen LogP contribution in [0, 0.1) is 0 Å². The van der Waals surface area contributed by atoms with Gasteiger partial charge in [-0.25, -0.2) is 9.78 Å². The zero-order chi connectivity index (χ0) is 9.68. The normalized spacial score (nSPS) is 9.08. The molecule has 0 aliphatic carbocycles. The standard InChI is InChI=1S/C8H9NO4/c1-11-6-4-3-5-9-7(6)13-8(10)12-2/h3-5H,1-2H3. The molecule has 0 spiro atoms. The molecule has 1 aromatic rings. The molecule has 1 rings (SSSR count). The number of ether oxygens (including phenoxy) is 3. The first kappa shape index (κ1) is 9.31. The Morgan fingerprint density at radius 1 is 1.46 bits per heavy atom. The minimum Gasteiger partial charge on any atom is -0.491 e. The van der Waals surface area contributed by atoms with Crippen LogP contribution in [0.5, 0.6) is 11.6 Å². The van der Waals surface area contributed by atoms with E-state index >= 15 is 0 Å². The molecule has 0 atom stereocenters. The predicted molar refractivity (Wildman–Crippen MR) is 43.8 cm³/mol. The summed E-state index contributed by atoms with van der Waals surface area (Å²) in [6, 6.07) is 3.30. The predicted octanol–water partition coefficient (Wildman–Crippen LogP) is 1.24. The van der Waals surface area contributed by atoms with E-state index in [0.29, 0.717) is 5.75 Å². The Morgan fingerprint density at radius 3 is 2.85 bits per heavy atom. The minimum absolute atomic E-state index is 0.0943. The van der Waals surface area contributed by atoms with E-state index in [1.54, 1.807) is 12.1 Å². The molecular weight excluding hydrogens is 174 g/mol. The first-order chi connectivity index (χ1) is 6.27. The van der Waals surface area contributed by atoms with Crippen LogP contribution in [0.2, 0.25) is 0 Å². The van der Waals surface area contributed by atoms with Gasteiger partial charge in [0.2, 0.25) is 0 Å². The largest absolute Gasteiger partial charge is 0.515 e. The van der Waals surface area contributed by atoms with Crippen molar-refractivity contribution in [3.8, 4) is 11.6 Å². The Hall–Kier alpha value is -1.78. The third kappa shape index (κ3) is 2.33. The van der Waals surface area contributed by atoms with Crippen molar-refractivity contribution in [3.05, 3.63) is 18.3 Å². The molecule has 5 nitrogen and oxygen atoms in total. The number of nitrogens with zero attached hydrogens (tertiary/aromatic N) is 1. The van der Waals surface area contributed by atoms with Crippen molar-refractivity contribution in [2.24, 2.45) is 0 Å². The van der Waals surface area contributed by atoms with Crippen molar-refractivity contribution in [3.63, 3.8) is 0 Å². The molecule has 1 aromatic heterocycles. The lowest BCUT2D eigenvalue weighted by molar-refractivity contribution is 0.118. The van der Waals surface area contributed by atoms with Crippen molar-refractivity contribution in [2.45, 2.75) is 0 Å². The van der Waals surface area contributed by atoms with E-state index in [1.807, 2.05) is 0 Å². The highest BCUT2D eigenvalue weighted by molar-refractivity contribution is 5.63. The van der Waals surface area contributed by atoms with Crippen LogP contribution in [-0.2, 0) is 4.74 Å². The van der Waals surface area contributed by atoms with Gasteiger partial charge in [-0.2, -0.15) is 0 Å². The molecule has 0 amide bonds. The van der Waals surface area contributed by atoms with Gasteiger partial charge in [0, 0.05) is 6.20 Å². The van der Waals surface area contributed by atoms with Crippen LogP contribution >= 0.6 is 0 Å². The molecule has 0 N–H and O–H groups in total. The topological polar surface area (TPSA) is 57.7 Å². The van der Waals surface area contributed by atoms with Crippen LogP contribution in [0.15, 0.2) is 18.3 Å². The highest BCUT2D eigenvalue weighted by Crippen LogP contribution is 2.22. The lowest BCUT2D eigenvalue weighted by Crippen LogP contribution is -2.09. The third-order valence-electron chi connectivity index (χ3n) is 1.30. The fourth-order valence-electron chi connectivity index (χ4n) is 0.729. The van der Waals surface area contributed by atoms with Crippen LogP contribution in [-0.4, -0.2) is 25.4 Å². The summed E-state index contributed by atoms with van der Waals surface area (Å²) >= 11 is 0. The Morgan fingerprint density at radius 2 is 2.23 bits per heavy atom. The molecule has 70 valence electrons. The average molecular weight is 183 g/mol. The summed E-state index contributed by atoms with van der Waals surface area (Å²) in [6.45, 7) is 0. The van der Waals surface area contributed by atoms with E-state index in [4.69, 9.17) is 4.74 Å². The Kier molecular flexibility index (Phi) is 3.08. The molecule has 0 aliphatic heterocycles. The molecule has 0 fully saturated rings. The summed E-state index contributed by atoms with van der Waals surface area (Å²) in [5, 5.41) is 0. The fraction of sp³-hybridized carbons (Fsp3) is 0.250. The van der Waals surface area contributed by atoms with Gasteiger partial charge in [-0.15, -0.1) is 0 Å². The van der Waals surface area contributed by atoms with Gasteiger partial charge in [-0.3, -0.25) is 0 Å².